The number of thiazole rings is 1. The Balaban J connectivity index is 1.93. The molecule has 10 heteroatoms. The Bertz CT molecular complexity index is 974. The first-order chi connectivity index (χ1) is 15.0. The smallest absolute Gasteiger partial charge is 0.312 e. The van der Waals surface area contributed by atoms with Crippen LogP contribution in [0.5, 0.6) is 11.5 Å². The van der Waals surface area contributed by atoms with Gasteiger partial charge in [0.1, 0.15) is 5.01 Å². The maximum absolute atomic E-state index is 12.2. The van der Waals surface area contributed by atoms with Crippen molar-refractivity contribution in [2.45, 2.75) is 19.3 Å². The molecule has 0 aliphatic carbocycles. The van der Waals surface area contributed by atoms with Gasteiger partial charge in [-0.2, -0.15) is 10.5 Å². The lowest BCUT2D eigenvalue weighted by atomic mass is 10.2. The van der Waals surface area contributed by atoms with Crippen LogP contribution in [-0.2, 0) is 20.7 Å². The van der Waals surface area contributed by atoms with Crippen LogP contribution >= 0.6 is 11.3 Å². The van der Waals surface area contributed by atoms with E-state index in [0.717, 1.165) is 5.56 Å². The molecule has 0 radical (unpaired) electrons. The summed E-state index contributed by atoms with van der Waals surface area (Å²) in [4.78, 5) is 30.1. The number of carbonyl (C=O) groups excluding carboxylic acids is 2. The second-order valence-corrected chi connectivity index (χ2v) is 7.11. The second kappa shape index (κ2) is 12.2. The fraction of sp³-hybridized carbons (Fsp3) is 0.381. The van der Waals surface area contributed by atoms with Crippen LogP contribution in [0.25, 0.3) is 10.6 Å². The number of benzene rings is 1. The van der Waals surface area contributed by atoms with Crippen molar-refractivity contribution in [2.24, 2.45) is 0 Å². The number of methoxy groups -OCH3 is 2. The van der Waals surface area contributed by atoms with Crippen LogP contribution < -0.4 is 9.47 Å². The third-order valence-electron chi connectivity index (χ3n) is 4.20. The Morgan fingerprint density at radius 1 is 1.10 bits per heavy atom. The lowest BCUT2D eigenvalue weighted by Gasteiger charge is -2.19. The van der Waals surface area contributed by atoms with Gasteiger partial charge in [0, 0.05) is 24.0 Å². The quantitative estimate of drug-likeness (QED) is 0.486. The molecule has 0 atom stereocenters. The van der Waals surface area contributed by atoms with Gasteiger partial charge in [0.2, 0.25) is 0 Å². The molecule has 1 amide bonds. The zero-order valence-electron chi connectivity index (χ0n) is 17.3. The summed E-state index contributed by atoms with van der Waals surface area (Å²) in [7, 11) is 3.11. The molecule has 162 valence electrons. The van der Waals surface area contributed by atoms with Crippen molar-refractivity contribution >= 4 is 23.2 Å². The lowest BCUT2D eigenvalue weighted by Crippen LogP contribution is -2.36. The van der Waals surface area contributed by atoms with Gasteiger partial charge in [-0.05, 0) is 18.2 Å². The highest BCUT2D eigenvalue weighted by Crippen LogP contribution is 2.33. The standard InChI is InChI=1S/C21H22N4O5S/c1-28-17-6-5-15(11-18(17)29-2)21-24-16(14-31-21)12-20(27)30-13-19(26)25(9-3-7-22)10-4-8-23/h5-6,11,14H,3-4,9-10,12-13H2,1-2H3. The van der Waals surface area contributed by atoms with Gasteiger partial charge < -0.3 is 19.1 Å². The van der Waals surface area contributed by atoms with E-state index in [-0.39, 0.29) is 32.4 Å². The molecule has 0 saturated carbocycles. The van der Waals surface area contributed by atoms with Crippen molar-refractivity contribution in [1.82, 2.24) is 9.88 Å². The van der Waals surface area contributed by atoms with Gasteiger partial charge in [-0.25, -0.2) is 4.98 Å². The number of carbonyl (C=O) groups is 2. The number of nitriles is 2. The van der Waals surface area contributed by atoms with E-state index in [1.54, 1.807) is 31.7 Å². The predicted molar refractivity (Wildman–Crippen MR) is 112 cm³/mol. The number of amides is 1. The number of nitrogens with zero attached hydrogens (tertiary/aromatic N) is 4. The Kier molecular flexibility index (Phi) is 9.27. The summed E-state index contributed by atoms with van der Waals surface area (Å²) in [5, 5.41) is 19.8. The Morgan fingerprint density at radius 3 is 2.39 bits per heavy atom. The van der Waals surface area contributed by atoms with E-state index in [1.807, 2.05) is 18.2 Å². The fourth-order valence-corrected chi connectivity index (χ4v) is 3.47. The van der Waals surface area contributed by atoms with Gasteiger partial charge in [0.15, 0.2) is 18.1 Å². The molecular formula is C21H22N4O5S. The van der Waals surface area contributed by atoms with Crippen molar-refractivity contribution in [2.75, 3.05) is 33.9 Å². The molecule has 0 N–H and O–H groups in total. The average Bonchev–Trinajstić information content (AvgIpc) is 3.25. The first-order valence-electron chi connectivity index (χ1n) is 9.36. The van der Waals surface area contributed by atoms with Crippen LogP contribution in [0.4, 0.5) is 0 Å². The Hall–Kier alpha value is -3.63. The minimum absolute atomic E-state index is 0.0759. The zero-order valence-corrected chi connectivity index (χ0v) is 18.1. The van der Waals surface area contributed by atoms with Crippen LogP contribution in [0, 0.1) is 22.7 Å². The largest absolute Gasteiger partial charge is 0.493 e. The first kappa shape index (κ1) is 23.6. The van der Waals surface area contributed by atoms with Crippen LogP contribution in [0.3, 0.4) is 0 Å². The van der Waals surface area contributed by atoms with Crippen molar-refractivity contribution < 1.29 is 23.8 Å². The van der Waals surface area contributed by atoms with Gasteiger partial charge >= 0.3 is 5.97 Å². The van der Waals surface area contributed by atoms with E-state index < -0.39 is 18.5 Å². The highest BCUT2D eigenvalue weighted by atomic mass is 32.1. The second-order valence-electron chi connectivity index (χ2n) is 6.25. The minimum atomic E-state index is -0.585. The number of esters is 1. The highest BCUT2D eigenvalue weighted by Gasteiger charge is 2.17. The normalized spacial score (nSPS) is 9.94. The molecule has 0 spiro atoms. The minimum Gasteiger partial charge on any atom is -0.493 e. The third kappa shape index (κ3) is 6.98. The monoisotopic (exact) mass is 442 g/mol. The van der Waals surface area contributed by atoms with Crippen LogP contribution in [0.1, 0.15) is 18.5 Å². The van der Waals surface area contributed by atoms with Gasteiger partial charge in [0.05, 0.1) is 51.3 Å². The highest BCUT2D eigenvalue weighted by molar-refractivity contribution is 7.13. The number of hydrogen-bond acceptors (Lipinski definition) is 9. The average molecular weight is 442 g/mol. The van der Waals surface area contributed by atoms with E-state index in [2.05, 4.69) is 4.98 Å². The topological polar surface area (TPSA) is 126 Å². The summed E-state index contributed by atoms with van der Waals surface area (Å²) in [6.07, 6.45) is 0.208. The summed E-state index contributed by atoms with van der Waals surface area (Å²) in [6, 6.07) is 9.32. The van der Waals surface area contributed by atoms with E-state index in [4.69, 9.17) is 24.7 Å². The number of rotatable bonds is 11. The van der Waals surface area contributed by atoms with Crippen molar-refractivity contribution in [1.29, 1.82) is 10.5 Å². The molecule has 0 aliphatic heterocycles. The van der Waals surface area contributed by atoms with E-state index in [1.165, 1.54) is 16.2 Å². The Labute approximate surface area is 184 Å². The number of ether oxygens (including phenoxy) is 3. The van der Waals surface area contributed by atoms with Crippen molar-refractivity contribution in [3.8, 4) is 34.2 Å². The molecule has 0 unspecified atom stereocenters. The van der Waals surface area contributed by atoms with Gasteiger partial charge in [-0.15, -0.1) is 11.3 Å². The molecular weight excluding hydrogens is 420 g/mol. The maximum atomic E-state index is 12.2. The Morgan fingerprint density at radius 2 is 1.77 bits per heavy atom. The zero-order chi connectivity index (χ0) is 22.6. The SMILES string of the molecule is COc1ccc(-c2nc(CC(=O)OCC(=O)N(CCC#N)CCC#N)cs2)cc1OC. The molecule has 0 aliphatic rings. The van der Waals surface area contributed by atoms with E-state index >= 15 is 0 Å². The molecule has 0 bridgehead atoms. The maximum Gasteiger partial charge on any atom is 0.312 e. The van der Waals surface area contributed by atoms with Crippen molar-refractivity contribution in [3.05, 3.63) is 29.3 Å². The van der Waals surface area contributed by atoms with Gasteiger partial charge in [-0.1, -0.05) is 0 Å². The number of hydrogen-bond donors (Lipinski definition) is 0. The molecule has 2 rings (SSSR count). The molecule has 1 aromatic carbocycles. The number of aromatic nitrogens is 1. The van der Waals surface area contributed by atoms with Gasteiger partial charge in [-0.3, -0.25) is 9.59 Å². The van der Waals surface area contributed by atoms with Gasteiger partial charge in [0.25, 0.3) is 5.91 Å². The third-order valence-corrected chi connectivity index (χ3v) is 5.14. The summed E-state index contributed by atoms with van der Waals surface area (Å²) >= 11 is 1.37. The summed E-state index contributed by atoms with van der Waals surface area (Å²) in [5.41, 5.74) is 1.35. The van der Waals surface area contributed by atoms with Crippen LogP contribution in [0.15, 0.2) is 23.6 Å². The molecule has 1 aromatic heterocycles. The summed E-state index contributed by atoms with van der Waals surface area (Å²) < 4.78 is 15.6. The van der Waals surface area contributed by atoms with E-state index in [9.17, 15) is 9.59 Å². The van der Waals surface area contributed by atoms with Crippen LogP contribution in [0.2, 0.25) is 0 Å². The van der Waals surface area contributed by atoms with Crippen LogP contribution in [-0.4, -0.2) is 55.7 Å². The fourth-order valence-electron chi connectivity index (χ4n) is 2.65. The molecule has 0 saturated heterocycles. The molecule has 31 heavy (non-hydrogen) atoms. The lowest BCUT2D eigenvalue weighted by molar-refractivity contribution is -0.151. The summed E-state index contributed by atoms with van der Waals surface area (Å²) in [6.45, 7) is -0.0625. The molecule has 9 nitrogen and oxygen atoms in total. The predicted octanol–water partition coefficient (Wildman–Crippen LogP) is 2.57. The first-order valence-corrected chi connectivity index (χ1v) is 10.2. The molecule has 0 fully saturated rings. The van der Waals surface area contributed by atoms with E-state index in [0.29, 0.717) is 22.2 Å². The summed E-state index contributed by atoms with van der Waals surface area (Å²) in [5.74, 6) is 0.156. The molecule has 1 heterocycles. The molecule has 2 aromatic rings. The van der Waals surface area contributed by atoms with Crippen molar-refractivity contribution in [3.63, 3.8) is 0 Å².